The molecule has 1 aliphatic heterocycles. The third kappa shape index (κ3) is 7.13. The summed E-state index contributed by atoms with van der Waals surface area (Å²) in [4.78, 5) is 21.6. The second kappa shape index (κ2) is 11.1. The number of rotatable bonds is 9. The average molecular weight is 500 g/mol. The Bertz CT molecular complexity index is 1060. The SMILES string of the molecule is [B]C([B])([B])N(Cc1ccc(C(F)(F)F)cc1)c1ncnc(NC[C@@H]2CCN(CC(N)=O)C[C@H]2O)c1F. The summed E-state index contributed by atoms with van der Waals surface area (Å²) >= 11 is 0. The highest BCUT2D eigenvalue weighted by Gasteiger charge is 2.32. The molecule has 186 valence electrons. The van der Waals surface area contributed by atoms with Crippen LogP contribution >= 0.6 is 0 Å². The van der Waals surface area contributed by atoms with Gasteiger partial charge in [-0.15, -0.1) is 0 Å². The Morgan fingerprint density at radius 2 is 1.89 bits per heavy atom. The molecule has 1 fully saturated rings. The van der Waals surface area contributed by atoms with E-state index in [9.17, 15) is 23.1 Å². The van der Waals surface area contributed by atoms with Gasteiger partial charge in [0.2, 0.25) is 11.7 Å². The van der Waals surface area contributed by atoms with Crippen molar-refractivity contribution >= 4 is 41.1 Å². The lowest BCUT2D eigenvalue weighted by molar-refractivity contribution is -0.137. The Morgan fingerprint density at radius 3 is 2.44 bits per heavy atom. The van der Waals surface area contributed by atoms with Crippen molar-refractivity contribution in [2.75, 3.05) is 36.4 Å². The molecule has 0 spiro atoms. The van der Waals surface area contributed by atoms with Gasteiger partial charge in [-0.2, -0.15) is 17.6 Å². The van der Waals surface area contributed by atoms with E-state index >= 15 is 4.39 Å². The van der Waals surface area contributed by atoms with Crippen molar-refractivity contribution in [3.8, 4) is 0 Å². The highest BCUT2D eigenvalue weighted by Crippen LogP contribution is 2.31. The fourth-order valence-electron chi connectivity index (χ4n) is 3.92. The Hall–Kier alpha value is -2.80. The van der Waals surface area contributed by atoms with Crippen molar-refractivity contribution in [2.24, 2.45) is 11.7 Å². The van der Waals surface area contributed by atoms with E-state index in [1.165, 1.54) is 12.1 Å². The normalized spacial score (nSPS) is 19.1. The maximum Gasteiger partial charge on any atom is 0.416 e. The van der Waals surface area contributed by atoms with Gasteiger partial charge in [0.25, 0.3) is 0 Å². The molecular weight excluding hydrogens is 477 g/mol. The van der Waals surface area contributed by atoms with Crippen molar-refractivity contribution < 1.29 is 27.5 Å². The van der Waals surface area contributed by atoms with Gasteiger partial charge in [-0.1, -0.05) is 17.4 Å². The van der Waals surface area contributed by atoms with Crippen LogP contribution in [0.15, 0.2) is 30.6 Å². The molecule has 0 unspecified atom stereocenters. The zero-order valence-electron chi connectivity index (χ0n) is 19.2. The van der Waals surface area contributed by atoms with Crippen LogP contribution < -0.4 is 16.0 Å². The molecule has 6 radical (unpaired) electrons. The summed E-state index contributed by atoms with van der Waals surface area (Å²) in [6.07, 6.45) is -3.71. The molecule has 2 aromatic rings. The lowest BCUT2D eigenvalue weighted by atomic mass is 9.48. The predicted molar refractivity (Wildman–Crippen MR) is 128 cm³/mol. The fraction of sp³-hybridized carbons (Fsp3) is 0.476. The number of anilines is 2. The maximum absolute atomic E-state index is 15.4. The molecule has 8 nitrogen and oxygen atoms in total. The summed E-state index contributed by atoms with van der Waals surface area (Å²) < 4.78 is 53.9. The van der Waals surface area contributed by atoms with E-state index in [2.05, 4.69) is 15.3 Å². The highest BCUT2D eigenvalue weighted by atomic mass is 19.4. The summed E-state index contributed by atoms with van der Waals surface area (Å²) in [5.41, 5.74) is 4.67. The topological polar surface area (TPSA) is 108 Å². The Morgan fingerprint density at radius 1 is 1.22 bits per heavy atom. The Kier molecular flexibility index (Phi) is 8.55. The first-order chi connectivity index (χ1) is 16.8. The third-order valence-corrected chi connectivity index (χ3v) is 5.83. The fourth-order valence-corrected chi connectivity index (χ4v) is 3.92. The number of amides is 1. The second-order valence-electron chi connectivity index (χ2n) is 8.73. The number of primary amides is 1. The molecule has 15 heteroatoms. The van der Waals surface area contributed by atoms with E-state index in [0.717, 1.165) is 23.4 Å². The number of aliphatic hydroxyl groups excluding tert-OH is 1. The summed E-state index contributed by atoms with van der Waals surface area (Å²) in [6, 6.07) is 4.15. The number of nitrogens with two attached hydrogens (primary N) is 1. The number of hydrogen-bond donors (Lipinski definition) is 3. The average Bonchev–Trinajstić information content (AvgIpc) is 2.77. The molecule has 1 aliphatic rings. The summed E-state index contributed by atoms with van der Waals surface area (Å²) in [5, 5.41) is 11.1. The van der Waals surface area contributed by atoms with Gasteiger partial charge in [0, 0.05) is 25.6 Å². The van der Waals surface area contributed by atoms with Gasteiger partial charge in [0.05, 0.1) is 41.8 Å². The molecule has 2 heterocycles. The molecule has 1 amide bonds. The first-order valence-electron chi connectivity index (χ1n) is 11.0. The van der Waals surface area contributed by atoms with Gasteiger partial charge >= 0.3 is 6.18 Å². The van der Waals surface area contributed by atoms with Gasteiger partial charge in [-0.05, 0) is 30.7 Å². The number of piperidine rings is 1. The van der Waals surface area contributed by atoms with E-state index in [0.29, 0.717) is 18.5 Å². The highest BCUT2D eigenvalue weighted by molar-refractivity contribution is 6.60. The van der Waals surface area contributed by atoms with E-state index < -0.39 is 34.8 Å². The number of benzene rings is 1. The first kappa shape index (κ1) is 27.8. The van der Waals surface area contributed by atoms with E-state index in [1.807, 2.05) is 0 Å². The first-order valence-corrected chi connectivity index (χ1v) is 11.0. The standard InChI is InChI=1S/C21H23B3F4N6O2/c22-21(23,24)34(8-12-1-3-14(4-2-12)20(26,27)28)19-17(25)18(31-11-32-19)30-7-13-5-6-33(9-15(13)35)10-16(29)36/h1-4,11,13,15,35H,5-10H2,(H2,29,36)(H,30,31,32)/t13-,15+/m0/s1. The monoisotopic (exact) mass is 500 g/mol. The minimum absolute atomic E-state index is 0.0366. The van der Waals surface area contributed by atoms with Crippen LogP contribution in [0, 0.1) is 11.7 Å². The zero-order valence-corrected chi connectivity index (χ0v) is 19.2. The lowest BCUT2D eigenvalue weighted by Gasteiger charge is -2.39. The van der Waals surface area contributed by atoms with Crippen LogP contribution in [0.2, 0.25) is 0 Å². The quantitative estimate of drug-likeness (QED) is 0.337. The van der Waals surface area contributed by atoms with E-state index in [1.54, 1.807) is 4.90 Å². The van der Waals surface area contributed by atoms with Crippen LogP contribution in [0.1, 0.15) is 17.5 Å². The van der Waals surface area contributed by atoms with Gasteiger partial charge in [-0.25, -0.2) is 9.97 Å². The molecule has 0 bridgehead atoms. The number of hydrogen-bond acceptors (Lipinski definition) is 7. The summed E-state index contributed by atoms with van der Waals surface area (Å²) in [5.74, 6) is -2.25. The minimum atomic E-state index is -4.51. The molecule has 3 rings (SSSR count). The number of β-amino-alcohol motifs (C(OH)–C–C–N with tert-alkyl or cyclic N) is 1. The van der Waals surface area contributed by atoms with Crippen LogP contribution in [0.4, 0.5) is 29.2 Å². The zero-order chi connectivity index (χ0) is 26.7. The Labute approximate surface area is 209 Å². The summed E-state index contributed by atoms with van der Waals surface area (Å²) in [7, 11) is 17.5. The van der Waals surface area contributed by atoms with E-state index in [4.69, 9.17) is 29.3 Å². The molecule has 4 N–H and O–H groups in total. The largest absolute Gasteiger partial charge is 0.416 e. The number of halogens is 4. The number of likely N-dealkylation sites (tertiary alicyclic amines) is 1. The second-order valence-corrected chi connectivity index (χ2v) is 8.73. The number of carbonyl (C=O) groups excluding carboxylic acids is 1. The van der Waals surface area contributed by atoms with Crippen molar-refractivity contribution in [3.63, 3.8) is 0 Å². The number of aliphatic hydroxyl groups is 1. The molecule has 2 atom stereocenters. The molecular formula is C21H23B3F4N6O2. The van der Waals surface area contributed by atoms with Crippen molar-refractivity contribution in [1.82, 2.24) is 14.9 Å². The molecule has 0 saturated carbocycles. The van der Waals surface area contributed by atoms with Crippen LogP contribution in [0.5, 0.6) is 0 Å². The summed E-state index contributed by atoms with van der Waals surface area (Å²) in [6.45, 7) is 0.725. The molecule has 1 saturated heterocycles. The Balaban J connectivity index is 1.73. The molecule has 36 heavy (non-hydrogen) atoms. The molecule has 1 aromatic heterocycles. The predicted octanol–water partition coefficient (Wildman–Crippen LogP) is 0.338. The number of aromatic nitrogens is 2. The van der Waals surface area contributed by atoms with E-state index in [-0.39, 0.29) is 43.7 Å². The van der Waals surface area contributed by atoms with Crippen LogP contribution in [-0.2, 0) is 17.5 Å². The van der Waals surface area contributed by atoms with Gasteiger partial charge in [0.15, 0.2) is 11.6 Å². The van der Waals surface area contributed by atoms with Gasteiger partial charge in [0.1, 0.15) is 6.33 Å². The van der Waals surface area contributed by atoms with Gasteiger partial charge in [-0.3, -0.25) is 9.69 Å². The van der Waals surface area contributed by atoms with Crippen molar-refractivity contribution in [1.29, 1.82) is 0 Å². The number of nitrogens with zero attached hydrogens (tertiary/aromatic N) is 4. The van der Waals surface area contributed by atoms with Crippen LogP contribution in [0.25, 0.3) is 0 Å². The third-order valence-electron chi connectivity index (χ3n) is 5.83. The number of alkyl halides is 3. The van der Waals surface area contributed by atoms with Crippen LogP contribution in [-0.4, -0.2) is 86.9 Å². The molecule has 0 aliphatic carbocycles. The van der Waals surface area contributed by atoms with Crippen LogP contribution in [0.3, 0.4) is 0 Å². The molecule has 1 aromatic carbocycles. The van der Waals surface area contributed by atoms with Crippen molar-refractivity contribution in [2.45, 2.75) is 30.5 Å². The van der Waals surface area contributed by atoms with Crippen molar-refractivity contribution in [3.05, 3.63) is 47.5 Å². The van der Waals surface area contributed by atoms with Gasteiger partial charge < -0.3 is 21.1 Å². The maximum atomic E-state index is 15.4. The smallest absolute Gasteiger partial charge is 0.391 e. The number of carbonyl (C=O) groups is 1. The number of nitrogens with one attached hydrogen (secondary N) is 1. The lowest BCUT2D eigenvalue weighted by Crippen LogP contribution is -2.51. The minimum Gasteiger partial charge on any atom is -0.391 e.